The lowest BCUT2D eigenvalue weighted by Gasteiger charge is -2.15. The van der Waals surface area contributed by atoms with Gasteiger partial charge < -0.3 is 4.57 Å². The normalized spacial score (nSPS) is 11.9. The summed E-state index contributed by atoms with van der Waals surface area (Å²) in [7, 11) is 0. The smallest absolute Gasteiger partial charge is 0.315 e. The molecule has 0 amide bonds. The van der Waals surface area contributed by atoms with Gasteiger partial charge in [0.25, 0.3) is 0 Å². The Hall–Kier alpha value is -2.70. The molecule has 0 aliphatic heterocycles. The fourth-order valence-electron chi connectivity index (χ4n) is 2.72. The van der Waals surface area contributed by atoms with E-state index in [1.54, 1.807) is 44.2 Å². The molecule has 124 valence electrons. The first-order valence-corrected chi connectivity index (χ1v) is 7.42. The molecule has 4 nitrogen and oxygen atoms in total. The lowest BCUT2D eigenvalue weighted by Crippen LogP contribution is -2.26. The van der Waals surface area contributed by atoms with Gasteiger partial charge in [0.1, 0.15) is 11.3 Å². The highest BCUT2D eigenvalue weighted by atomic mass is 19.4. The molecule has 3 rings (SSSR count). The van der Waals surface area contributed by atoms with E-state index in [-0.39, 0.29) is 22.2 Å². The zero-order chi connectivity index (χ0) is 17.5. The summed E-state index contributed by atoms with van der Waals surface area (Å²) in [5, 5.41) is 7.89. The fourth-order valence-corrected chi connectivity index (χ4v) is 2.72. The number of halogens is 3. The molecule has 1 N–H and O–H groups in total. The third kappa shape index (κ3) is 2.66. The van der Waals surface area contributed by atoms with Crippen LogP contribution in [0.25, 0.3) is 22.3 Å². The van der Waals surface area contributed by atoms with Gasteiger partial charge in [-0.05, 0) is 19.9 Å². The second-order valence-electron chi connectivity index (χ2n) is 5.37. The van der Waals surface area contributed by atoms with Crippen LogP contribution in [-0.4, -0.2) is 14.5 Å². The Morgan fingerprint density at radius 2 is 1.79 bits per heavy atom. The Balaban J connectivity index is 2.44. The molecular formula is C17H15F3N4. The summed E-state index contributed by atoms with van der Waals surface area (Å²) in [6, 6.07) is 9.63. The van der Waals surface area contributed by atoms with Crippen molar-refractivity contribution in [3.05, 3.63) is 53.3 Å². The molecule has 0 fully saturated rings. The van der Waals surface area contributed by atoms with Crippen molar-refractivity contribution in [2.75, 3.05) is 0 Å². The van der Waals surface area contributed by atoms with Crippen molar-refractivity contribution < 1.29 is 13.2 Å². The molecule has 0 aliphatic rings. The Bertz CT molecular complexity index is 959. The minimum absolute atomic E-state index is 0.0594. The molecule has 0 radical (unpaired) electrons. The zero-order valence-electron chi connectivity index (χ0n) is 13.1. The minimum Gasteiger partial charge on any atom is -0.315 e. The summed E-state index contributed by atoms with van der Waals surface area (Å²) < 4.78 is 42.2. The number of pyridine rings is 1. The van der Waals surface area contributed by atoms with E-state index in [1.807, 2.05) is 0 Å². The highest BCUT2D eigenvalue weighted by molar-refractivity contribution is 5.82. The number of alkyl halides is 3. The van der Waals surface area contributed by atoms with Gasteiger partial charge in [0, 0.05) is 12.1 Å². The molecule has 0 aliphatic carbocycles. The SMILES string of the molecule is CCn1c(C)nc2nc(-c3ccccc3)cc(C(F)(F)F)c2c1=N. The van der Waals surface area contributed by atoms with Gasteiger partial charge in [-0.25, -0.2) is 9.97 Å². The van der Waals surface area contributed by atoms with Crippen LogP contribution in [0.3, 0.4) is 0 Å². The first-order valence-electron chi connectivity index (χ1n) is 7.42. The average Bonchev–Trinajstić information content (AvgIpc) is 2.54. The van der Waals surface area contributed by atoms with Crippen molar-refractivity contribution >= 4 is 11.0 Å². The summed E-state index contributed by atoms with van der Waals surface area (Å²) in [5.41, 5.74) is -0.402. The van der Waals surface area contributed by atoms with Crippen LogP contribution in [0.4, 0.5) is 13.2 Å². The van der Waals surface area contributed by atoms with Gasteiger partial charge in [-0.3, -0.25) is 5.41 Å². The lowest BCUT2D eigenvalue weighted by molar-refractivity contribution is -0.136. The number of aromatic nitrogens is 3. The Morgan fingerprint density at radius 1 is 1.12 bits per heavy atom. The molecule has 0 atom stereocenters. The van der Waals surface area contributed by atoms with Crippen LogP contribution in [0.1, 0.15) is 18.3 Å². The van der Waals surface area contributed by atoms with E-state index in [0.29, 0.717) is 17.9 Å². The standard InChI is InChI=1S/C17H15F3N4/c1-3-24-10(2)22-16-14(15(24)21)12(17(18,19)20)9-13(23-16)11-7-5-4-6-8-11/h4-9,21H,3H2,1-2H3. The topological polar surface area (TPSA) is 54.6 Å². The number of benzene rings is 1. The lowest BCUT2D eigenvalue weighted by atomic mass is 10.1. The first-order chi connectivity index (χ1) is 11.3. The maximum Gasteiger partial charge on any atom is 0.417 e. The molecular weight excluding hydrogens is 317 g/mol. The quantitative estimate of drug-likeness (QED) is 0.773. The summed E-state index contributed by atoms with van der Waals surface area (Å²) >= 11 is 0. The number of nitrogens with one attached hydrogen (secondary N) is 1. The highest BCUT2D eigenvalue weighted by Gasteiger charge is 2.35. The van der Waals surface area contributed by atoms with E-state index in [1.165, 1.54) is 4.57 Å². The van der Waals surface area contributed by atoms with E-state index >= 15 is 0 Å². The predicted octanol–water partition coefficient (Wildman–Crippen LogP) is 3.92. The largest absolute Gasteiger partial charge is 0.417 e. The third-order valence-corrected chi connectivity index (χ3v) is 3.86. The van der Waals surface area contributed by atoms with Crippen LogP contribution in [0.2, 0.25) is 0 Å². The van der Waals surface area contributed by atoms with Gasteiger partial charge in [0.2, 0.25) is 0 Å². The van der Waals surface area contributed by atoms with Crippen LogP contribution in [0, 0.1) is 12.3 Å². The van der Waals surface area contributed by atoms with Gasteiger partial charge in [0.15, 0.2) is 5.65 Å². The maximum atomic E-state index is 13.6. The van der Waals surface area contributed by atoms with Crippen LogP contribution >= 0.6 is 0 Å². The van der Waals surface area contributed by atoms with E-state index in [4.69, 9.17) is 5.41 Å². The minimum atomic E-state index is -4.59. The molecule has 3 aromatic rings. The maximum absolute atomic E-state index is 13.6. The van der Waals surface area contributed by atoms with Crippen molar-refractivity contribution in [3.63, 3.8) is 0 Å². The van der Waals surface area contributed by atoms with Crippen LogP contribution in [0.5, 0.6) is 0 Å². The molecule has 0 unspecified atom stereocenters. The van der Waals surface area contributed by atoms with Gasteiger partial charge in [-0.15, -0.1) is 0 Å². The fraction of sp³-hybridized carbons (Fsp3) is 0.235. The number of fused-ring (bicyclic) bond motifs is 1. The van der Waals surface area contributed by atoms with Crippen LogP contribution in [-0.2, 0) is 12.7 Å². The Labute approximate surface area is 136 Å². The molecule has 7 heteroatoms. The second kappa shape index (κ2) is 5.74. The summed E-state index contributed by atoms with van der Waals surface area (Å²) in [6.45, 7) is 3.79. The van der Waals surface area contributed by atoms with Crippen molar-refractivity contribution in [3.8, 4) is 11.3 Å². The third-order valence-electron chi connectivity index (χ3n) is 3.86. The van der Waals surface area contributed by atoms with Crippen molar-refractivity contribution in [2.24, 2.45) is 0 Å². The molecule has 0 bridgehead atoms. The average molecular weight is 332 g/mol. The van der Waals surface area contributed by atoms with Crippen molar-refractivity contribution in [1.29, 1.82) is 5.41 Å². The van der Waals surface area contributed by atoms with E-state index in [2.05, 4.69) is 9.97 Å². The zero-order valence-corrected chi connectivity index (χ0v) is 13.1. The number of aryl methyl sites for hydroxylation is 1. The van der Waals surface area contributed by atoms with E-state index in [0.717, 1.165) is 6.07 Å². The summed E-state index contributed by atoms with van der Waals surface area (Å²) in [6.07, 6.45) is -4.59. The number of hydrogen-bond donors (Lipinski definition) is 1. The number of nitrogens with zero attached hydrogens (tertiary/aromatic N) is 3. The summed E-state index contributed by atoms with van der Waals surface area (Å²) in [5.74, 6) is 0.459. The second-order valence-corrected chi connectivity index (χ2v) is 5.37. The number of hydrogen-bond acceptors (Lipinski definition) is 3. The highest BCUT2D eigenvalue weighted by Crippen LogP contribution is 2.35. The van der Waals surface area contributed by atoms with E-state index in [9.17, 15) is 13.2 Å². The molecule has 24 heavy (non-hydrogen) atoms. The summed E-state index contributed by atoms with van der Waals surface area (Å²) in [4.78, 5) is 8.47. The Kier molecular flexibility index (Phi) is 3.87. The number of rotatable bonds is 2. The van der Waals surface area contributed by atoms with Gasteiger partial charge in [0.05, 0.1) is 16.6 Å². The molecule has 2 aromatic heterocycles. The Morgan fingerprint density at radius 3 is 2.38 bits per heavy atom. The van der Waals surface area contributed by atoms with Crippen molar-refractivity contribution in [1.82, 2.24) is 14.5 Å². The molecule has 0 saturated heterocycles. The molecule has 0 spiro atoms. The van der Waals surface area contributed by atoms with Gasteiger partial charge >= 0.3 is 6.18 Å². The van der Waals surface area contributed by atoms with Crippen molar-refractivity contribution in [2.45, 2.75) is 26.6 Å². The van der Waals surface area contributed by atoms with Gasteiger partial charge in [-0.1, -0.05) is 30.3 Å². The van der Waals surface area contributed by atoms with E-state index < -0.39 is 11.7 Å². The molecule has 0 saturated carbocycles. The van der Waals surface area contributed by atoms with Crippen LogP contribution in [0.15, 0.2) is 36.4 Å². The monoisotopic (exact) mass is 332 g/mol. The van der Waals surface area contributed by atoms with Crippen LogP contribution < -0.4 is 5.49 Å². The predicted molar refractivity (Wildman–Crippen MR) is 84.2 cm³/mol. The molecule has 2 heterocycles. The van der Waals surface area contributed by atoms with Gasteiger partial charge in [-0.2, -0.15) is 13.2 Å². The first kappa shape index (κ1) is 16.2. The molecule has 1 aromatic carbocycles.